The van der Waals surface area contributed by atoms with E-state index in [0.717, 1.165) is 22.9 Å². The van der Waals surface area contributed by atoms with Crippen molar-refractivity contribution in [3.8, 4) is 0 Å². The maximum Gasteiger partial charge on any atom is 0.435 e. The molecule has 0 fully saturated rings. The summed E-state index contributed by atoms with van der Waals surface area (Å²) in [7, 11) is -4.04. The van der Waals surface area contributed by atoms with Crippen LogP contribution in [-0.4, -0.2) is 48.4 Å². The molecule has 2 heterocycles. The summed E-state index contributed by atoms with van der Waals surface area (Å²) in [5.74, 6) is -0.000143. The van der Waals surface area contributed by atoms with Gasteiger partial charge in [-0.05, 0) is 24.8 Å². The number of anilines is 1. The lowest BCUT2D eigenvalue weighted by molar-refractivity contribution is 0.148. The number of urea groups is 1. The molecule has 1 aliphatic rings. The number of hydrogen-bond donors (Lipinski definition) is 2. The van der Waals surface area contributed by atoms with E-state index in [4.69, 9.17) is 4.74 Å². The van der Waals surface area contributed by atoms with Crippen molar-refractivity contribution < 1.29 is 22.7 Å². The second-order valence-corrected chi connectivity index (χ2v) is 9.56. The molecule has 3 aromatic rings. The molecule has 0 radical (unpaired) electrons. The molecule has 0 aliphatic carbocycles. The molecule has 1 aliphatic heterocycles. The molecular weight excluding hydrogens is 458 g/mol. The van der Waals surface area contributed by atoms with Gasteiger partial charge >= 0.3 is 12.1 Å². The topological polar surface area (TPSA) is 123 Å². The summed E-state index contributed by atoms with van der Waals surface area (Å²) in [4.78, 5) is 26.7. The van der Waals surface area contributed by atoms with Crippen LogP contribution in [-0.2, 0) is 27.8 Å². The normalized spacial score (nSPS) is 13.1. The third kappa shape index (κ3) is 4.56. The highest BCUT2D eigenvalue weighted by Crippen LogP contribution is 2.32. The van der Waals surface area contributed by atoms with Gasteiger partial charge in [-0.25, -0.2) is 18.0 Å². The van der Waals surface area contributed by atoms with Crippen LogP contribution in [0.5, 0.6) is 0 Å². The van der Waals surface area contributed by atoms with Crippen molar-refractivity contribution in [3.63, 3.8) is 0 Å². The number of nitrogens with zero attached hydrogens (tertiary/aromatic N) is 3. The van der Waals surface area contributed by atoms with Crippen molar-refractivity contribution in [2.75, 3.05) is 17.9 Å². The Kier molecular flexibility index (Phi) is 6.73. The molecule has 4 rings (SSSR count). The number of fused-ring (bicyclic) bond motifs is 2. The van der Waals surface area contributed by atoms with Crippen LogP contribution in [0.15, 0.2) is 47.4 Å². The van der Waals surface area contributed by atoms with Gasteiger partial charge in [0.05, 0.1) is 30.3 Å². The Morgan fingerprint density at radius 3 is 2.62 bits per heavy atom. The molecule has 2 amide bonds. The SMILES string of the molecule is CCCCNC(=O)N1Cc2c(NS(=O)(=O)c3cccc4ccccc34)nn(C(=O)OCC)c2C1. The first-order valence-electron chi connectivity index (χ1n) is 11.2. The van der Waals surface area contributed by atoms with Crippen LogP contribution >= 0.6 is 0 Å². The fourth-order valence-corrected chi connectivity index (χ4v) is 5.16. The van der Waals surface area contributed by atoms with Crippen LogP contribution in [0.1, 0.15) is 37.9 Å². The van der Waals surface area contributed by atoms with Gasteiger partial charge in [0.25, 0.3) is 10.0 Å². The standard InChI is InChI=1S/C23H27N5O5S/c1-3-5-13-24-22(29)27-14-18-19(15-27)28(23(30)33-4-2)25-21(18)26-34(31,32)20-12-8-10-16-9-6-7-11-17(16)20/h6-12H,3-5,13-15H2,1-2H3,(H,24,29)(H,25,26). The van der Waals surface area contributed by atoms with Crippen LogP contribution in [0.3, 0.4) is 0 Å². The molecule has 34 heavy (non-hydrogen) atoms. The first-order valence-corrected chi connectivity index (χ1v) is 12.6. The van der Waals surface area contributed by atoms with Gasteiger partial charge in [-0.1, -0.05) is 49.7 Å². The fourth-order valence-electron chi connectivity index (χ4n) is 3.90. The minimum absolute atomic E-state index is 0.000143. The lowest BCUT2D eigenvalue weighted by atomic mass is 10.1. The Bertz CT molecular complexity index is 1330. The third-order valence-corrected chi connectivity index (χ3v) is 6.98. The molecule has 1 aromatic heterocycles. The van der Waals surface area contributed by atoms with E-state index in [9.17, 15) is 18.0 Å². The number of unbranched alkanes of at least 4 members (excludes halogenated alkanes) is 1. The second-order valence-electron chi connectivity index (χ2n) is 7.91. The zero-order valence-electron chi connectivity index (χ0n) is 19.1. The summed E-state index contributed by atoms with van der Waals surface area (Å²) in [5.41, 5.74) is 0.877. The van der Waals surface area contributed by atoms with Gasteiger partial charge in [0.2, 0.25) is 0 Å². The van der Waals surface area contributed by atoms with Gasteiger partial charge < -0.3 is 15.0 Å². The van der Waals surface area contributed by atoms with Crippen molar-refractivity contribution in [1.29, 1.82) is 0 Å². The van der Waals surface area contributed by atoms with Gasteiger partial charge in [0.15, 0.2) is 5.82 Å². The molecule has 11 heteroatoms. The average molecular weight is 486 g/mol. The number of carbonyl (C=O) groups is 2. The Balaban J connectivity index is 1.67. The monoisotopic (exact) mass is 485 g/mol. The van der Waals surface area contributed by atoms with Crippen LogP contribution in [0.4, 0.5) is 15.4 Å². The Morgan fingerprint density at radius 2 is 1.85 bits per heavy atom. The summed E-state index contributed by atoms with van der Waals surface area (Å²) in [6.07, 6.45) is 1.06. The summed E-state index contributed by atoms with van der Waals surface area (Å²) in [6, 6.07) is 11.9. The fraction of sp³-hybridized carbons (Fsp3) is 0.348. The van der Waals surface area contributed by atoms with Gasteiger partial charge in [-0.2, -0.15) is 4.68 Å². The number of benzene rings is 2. The number of sulfonamides is 1. The lowest BCUT2D eigenvalue weighted by Gasteiger charge is -2.17. The molecule has 2 aromatic carbocycles. The van der Waals surface area contributed by atoms with E-state index < -0.39 is 16.1 Å². The van der Waals surface area contributed by atoms with Gasteiger partial charge in [0, 0.05) is 17.5 Å². The smallest absolute Gasteiger partial charge is 0.435 e. The number of rotatable bonds is 7. The number of hydrogen-bond acceptors (Lipinski definition) is 6. The highest BCUT2D eigenvalue weighted by molar-refractivity contribution is 7.93. The first kappa shape index (κ1) is 23.6. The zero-order valence-corrected chi connectivity index (χ0v) is 19.9. The van der Waals surface area contributed by atoms with Gasteiger partial charge in [-0.15, -0.1) is 5.10 Å². The second kappa shape index (κ2) is 9.72. The van der Waals surface area contributed by atoms with Crippen LogP contribution < -0.4 is 10.0 Å². The van der Waals surface area contributed by atoms with E-state index in [0.29, 0.717) is 23.2 Å². The average Bonchev–Trinajstić information content (AvgIpc) is 3.39. The highest BCUT2D eigenvalue weighted by Gasteiger charge is 2.34. The van der Waals surface area contributed by atoms with E-state index in [1.165, 1.54) is 11.0 Å². The van der Waals surface area contributed by atoms with Crippen LogP contribution in [0.25, 0.3) is 10.8 Å². The maximum atomic E-state index is 13.3. The van der Waals surface area contributed by atoms with Gasteiger partial charge in [0.1, 0.15) is 0 Å². The van der Waals surface area contributed by atoms with E-state index >= 15 is 0 Å². The maximum absolute atomic E-state index is 13.3. The highest BCUT2D eigenvalue weighted by atomic mass is 32.2. The van der Waals surface area contributed by atoms with Crippen molar-refractivity contribution in [2.24, 2.45) is 0 Å². The molecule has 10 nitrogen and oxygen atoms in total. The molecule has 0 saturated heterocycles. The molecule has 2 N–H and O–H groups in total. The summed E-state index contributed by atoms with van der Waals surface area (Å²) in [6.45, 7) is 4.58. The third-order valence-electron chi connectivity index (χ3n) is 5.58. The molecular formula is C23H27N5O5S. The Morgan fingerprint density at radius 1 is 1.09 bits per heavy atom. The van der Waals surface area contributed by atoms with E-state index in [1.54, 1.807) is 25.1 Å². The molecule has 0 spiro atoms. The first-order chi connectivity index (χ1) is 16.4. The lowest BCUT2D eigenvalue weighted by Crippen LogP contribution is -2.37. The summed E-state index contributed by atoms with van der Waals surface area (Å²) < 4.78 is 35.3. The van der Waals surface area contributed by atoms with Gasteiger partial charge in [-0.3, -0.25) is 4.72 Å². The minimum Gasteiger partial charge on any atom is -0.448 e. The van der Waals surface area contributed by atoms with Crippen molar-refractivity contribution in [3.05, 3.63) is 53.7 Å². The van der Waals surface area contributed by atoms with Crippen LogP contribution in [0.2, 0.25) is 0 Å². The molecule has 180 valence electrons. The number of aromatic nitrogens is 2. The largest absolute Gasteiger partial charge is 0.448 e. The molecule has 0 unspecified atom stereocenters. The zero-order chi connectivity index (χ0) is 24.3. The number of ether oxygens (including phenoxy) is 1. The minimum atomic E-state index is -4.04. The van der Waals surface area contributed by atoms with E-state index in [1.807, 2.05) is 25.1 Å². The summed E-state index contributed by atoms with van der Waals surface area (Å²) >= 11 is 0. The van der Waals surface area contributed by atoms with E-state index in [2.05, 4.69) is 15.1 Å². The predicted molar refractivity (Wildman–Crippen MR) is 127 cm³/mol. The Hall–Kier alpha value is -3.60. The number of nitrogens with one attached hydrogen (secondary N) is 2. The quantitative estimate of drug-likeness (QED) is 0.493. The summed E-state index contributed by atoms with van der Waals surface area (Å²) in [5, 5.41) is 8.39. The van der Waals surface area contributed by atoms with Crippen molar-refractivity contribution >= 4 is 38.7 Å². The number of carbonyl (C=O) groups excluding carboxylic acids is 2. The number of amides is 2. The predicted octanol–water partition coefficient (Wildman–Crippen LogP) is 3.67. The van der Waals surface area contributed by atoms with Crippen molar-refractivity contribution in [2.45, 2.75) is 44.7 Å². The van der Waals surface area contributed by atoms with Crippen molar-refractivity contribution in [1.82, 2.24) is 20.0 Å². The molecule has 0 bridgehead atoms. The molecule has 0 atom stereocenters. The Labute approximate surface area is 197 Å². The van der Waals surface area contributed by atoms with Crippen LogP contribution in [0, 0.1) is 0 Å². The molecule has 0 saturated carbocycles. The van der Waals surface area contributed by atoms with E-state index in [-0.39, 0.29) is 36.4 Å².